The van der Waals surface area contributed by atoms with Crippen LogP contribution >= 0.6 is 23.1 Å². The number of hydrogen-bond acceptors (Lipinski definition) is 5. The van der Waals surface area contributed by atoms with Crippen molar-refractivity contribution < 1.29 is 4.79 Å². The summed E-state index contributed by atoms with van der Waals surface area (Å²) in [5.74, 6) is 1.07. The Morgan fingerprint density at radius 2 is 2.35 bits per heavy atom. The monoisotopic (exact) mass is 348 g/mol. The molecule has 6 heteroatoms. The Labute approximate surface area is 143 Å². The van der Waals surface area contributed by atoms with Gasteiger partial charge in [0.1, 0.15) is 10.6 Å². The van der Waals surface area contributed by atoms with Crippen LogP contribution in [-0.4, -0.2) is 21.1 Å². The molecule has 3 rings (SSSR count). The van der Waals surface area contributed by atoms with Crippen LogP contribution in [0.5, 0.6) is 0 Å². The average molecular weight is 348 g/mol. The molecule has 2 heterocycles. The summed E-state index contributed by atoms with van der Waals surface area (Å²) in [5.41, 5.74) is 1.20. The minimum atomic E-state index is 0.00741. The lowest BCUT2D eigenvalue weighted by atomic mass is 9.89. The van der Waals surface area contributed by atoms with E-state index in [-0.39, 0.29) is 11.3 Å². The minimum Gasteiger partial charge on any atom is -0.299 e. The molecule has 1 aliphatic rings. The van der Waals surface area contributed by atoms with Gasteiger partial charge in [0.2, 0.25) is 0 Å². The molecular formula is C17H20N2O2S2. The van der Waals surface area contributed by atoms with Crippen molar-refractivity contribution in [3.05, 3.63) is 33.4 Å². The molecular weight excluding hydrogens is 328 g/mol. The van der Waals surface area contributed by atoms with E-state index in [4.69, 9.17) is 4.98 Å². The van der Waals surface area contributed by atoms with Crippen molar-refractivity contribution in [2.45, 2.75) is 44.8 Å². The molecule has 2 aromatic heterocycles. The van der Waals surface area contributed by atoms with E-state index in [1.807, 2.05) is 0 Å². The van der Waals surface area contributed by atoms with E-state index >= 15 is 0 Å². The van der Waals surface area contributed by atoms with Gasteiger partial charge < -0.3 is 0 Å². The van der Waals surface area contributed by atoms with Crippen LogP contribution in [0.3, 0.4) is 0 Å². The normalized spacial score (nSPS) is 17.2. The molecule has 0 spiro atoms. The molecule has 0 unspecified atom stereocenters. The molecule has 0 fully saturated rings. The van der Waals surface area contributed by atoms with Crippen LogP contribution in [0.1, 0.15) is 30.7 Å². The van der Waals surface area contributed by atoms with Gasteiger partial charge in [-0.05, 0) is 37.7 Å². The summed E-state index contributed by atoms with van der Waals surface area (Å²) in [6.07, 6.45) is 4.82. The third kappa shape index (κ3) is 3.15. The van der Waals surface area contributed by atoms with Crippen LogP contribution in [0.15, 0.2) is 22.6 Å². The fourth-order valence-electron chi connectivity index (χ4n) is 2.97. The van der Waals surface area contributed by atoms with Crippen molar-refractivity contribution >= 4 is 39.1 Å². The number of hydrogen-bond donors (Lipinski definition) is 0. The molecule has 1 aliphatic carbocycles. The van der Waals surface area contributed by atoms with E-state index in [9.17, 15) is 9.59 Å². The van der Waals surface area contributed by atoms with Gasteiger partial charge in [0.25, 0.3) is 5.56 Å². The van der Waals surface area contributed by atoms with Gasteiger partial charge >= 0.3 is 0 Å². The molecule has 0 saturated carbocycles. The molecule has 122 valence electrons. The van der Waals surface area contributed by atoms with Crippen molar-refractivity contribution in [2.75, 3.05) is 5.75 Å². The summed E-state index contributed by atoms with van der Waals surface area (Å²) in [5, 5.41) is 1.40. The lowest BCUT2D eigenvalue weighted by molar-refractivity contribution is -0.114. The van der Waals surface area contributed by atoms with Crippen molar-refractivity contribution in [1.29, 1.82) is 0 Å². The van der Waals surface area contributed by atoms with Crippen molar-refractivity contribution in [3.8, 4) is 0 Å². The van der Waals surface area contributed by atoms with E-state index in [1.165, 1.54) is 22.2 Å². The number of aromatic nitrogens is 2. The van der Waals surface area contributed by atoms with Gasteiger partial charge in [0, 0.05) is 11.4 Å². The van der Waals surface area contributed by atoms with Crippen molar-refractivity contribution in [3.63, 3.8) is 0 Å². The van der Waals surface area contributed by atoms with Crippen molar-refractivity contribution in [1.82, 2.24) is 9.55 Å². The highest BCUT2D eigenvalue weighted by Crippen LogP contribution is 2.36. The summed E-state index contributed by atoms with van der Waals surface area (Å²) in [4.78, 5) is 31.1. The maximum Gasteiger partial charge on any atom is 0.263 e. The number of thiophene rings is 1. The molecule has 4 nitrogen and oxygen atoms in total. The Kier molecular flexibility index (Phi) is 4.73. The predicted molar refractivity (Wildman–Crippen MR) is 96.7 cm³/mol. The number of fused-ring (bicyclic) bond motifs is 3. The fraction of sp³-hybridized carbons (Fsp3) is 0.471. The zero-order valence-electron chi connectivity index (χ0n) is 13.4. The number of thioether (sulfide) groups is 1. The molecule has 0 bridgehead atoms. The average Bonchev–Trinajstić information content (AvgIpc) is 2.85. The highest BCUT2D eigenvalue weighted by atomic mass is 32.2. The van der Waals surface area contributed by atoms with E-state index in [1.54, 1.807) is 28.9 Å². The molecule has 23 heavy (non-hydrogen) atoms. The van der Waals surface area contributed by atoms with Crippen LogP contribution in [0.4, 0.5) is 0 Å². The zero-order chi connectivity index (χ0) is 16.6. The van der Waals surface area contributed by atoms with Gasteiger partial charge in [-0.15, -0.1) is 17.9 Å². The number of allylic oxidation sites excluding steroid dienone is 1. The van der Waals surface area contributed by atoms with Crippen LogP contribution in [0.2, 0.25) is 0 Å². The van der Waals surface area contributed by atoms with E-state index in [0.717, 1.165) is 29.5 Å². The van der Waals surface area contributed by atoms with Crippen molar-refractivity contribution in [2.24, 2.45) is 5.92 Å². The Bertz CT molecular complexity index is 835. The summed E-state index contributed by atoms with van der Waals surface area (Å²) in [7, 11) is 0. The first-order valence-electron chi connectivity index (χ1n) is 7.79. The highest BCUT2D eigenvalue weighted by molar-refractivity contribution is 7.99. The Morgan fingerprint density at radius 1 is 1.57 bits per heavy atom. The SMILES string of the molecule is C=CCn1c(SCC(C)=O)nc2sc3c(c2c1=O)CC[C@@H](C)C3. The first-order chi connectivity index (χ1) is 11.0. The van der Waals surface area contributed by atoms with E-state index < -0.39 is 0 Å². The van der Waals surface area contributed by atoms with Crippen LogP contribution in [0.25, 0.3) is 10.2 Å². The van der Waals surface area contributed by atoms with Crippen LogP contribution < -0.4 is 5.56 Å². The first-order valence-corrected chi connectivity index (χ1v) is 9.59. The molecule has 0 aliphatic heterocycles. The molecule has 2 aromatic rings. The zero-order valence-corrected chi connectivity index (χ0v) is 15.1. The Balaban J connectivity index is 2.17. The lowest BCUT2D eigenvalue weighted by Gasteiger charge is -2.17. The number of ketones is 1. The van der Waals surface area contributed by atoms with Gasteiger partial charge in [-0.3, -0.25) is 14.2 Å². The van der Waals surface area contributed by atoms with Gasteiger partial charge in [0.15, 0.2) is 5.16 Å². The van der Waals surface area contributed by atoms with Crippen LogP contribution in [0, 0.1) is 5.92 Å². The third-order valence-electron chi connectivity index (χ3n) is 4.10. The molecule has 0 N–H and O–H groups in total. The van der Waals surface area contributed by atoms with E-state index in [2.05, 4.69) is 13.5 Å². The standard InChI is InChI=1S/C17H20N2O2S2/c1-4-7-19-16(21)14-12-6-5-10(2)8-13(12)23-15(14)18-17(19)22-9-11(3)20/h4,10H,1,5-9H2,2-3H3/t10-/m1/s1. The molecule has 0 radical (unpaired) electrons. The Morgan fingerprint density at radius 3 is 3.04 bits per heavy atom. The third-order valence-corrected chi connectivity index (χ3v) is 6.37. The van der Waals surface area contributed by atoms with Gasteiger partial charge in [-0.2, -0.15) is 0 Å². The second kappa shape index (κ2) is 6.61. The lowest BCUT2D eigenvalue weighted by Crippen LogP contribution is -2.23. The largest absolute Gasteiger partial charge is 0.299 e. The second-order valence-corrected chi connectivity index (χ2v) is 8.15. The number of aryl methyl sites for hydroxylation is 1. The number of carbonyl (C=O) groups excluding carboxylic acids is 1. The smallest absolute Gasteiger partial charge is 0.263 e. The molecule has 0 aromatic carbocycles. The van der Waals surface area contributed by atoms with Gasteiger partial charge in [0.05, 0.1) is 11.1 Å². The minimum absolute atomic E-state index is 0.00741. The summed E-state index contributed by atoms with van der Waals surface area (Å²) >= 11 is 2.98. The highest BCUT2D eigenvalue weighted by Gasteiger charge is 2.24. The predicted octanol–water partition coefficient (Wildman–Crippen LogP) is 3.45. The first kappa shape index (κ1) is 16.5. The number of Topliss-reactive ketones (excluding diaryl/α,β-unsaturated/α-hetero) is 1. The fourth-order valence-corrected chi connectivity index (χ4v) is 5.20. The summed E-state index contributed by atoms with van der Waals surface area (Å²) in [6, 6.07) is 0. The quantitative estimate of drug-likeness (QED) is 0.472. The summed E-state index contributed by atoms with van der Waals surface area (Å²) in [6.45, 7) is 7.96. The molecule has 1 atom stereocenters. The van der Waals surface area contributed by atoms with Gasteiger partial charge in [-0.1, -0.05) is 24.8 Å². The Hall–Kier alpha value is -1.40. The number of carbonyl (C=O) groups is 1. The molecule has 0 saturated heterocycles. The van der Waals surface area contributed by atoms with Crippen LogP contribution in [-0.2, 0) is 24.2 Å². The topological polar surface area (TPSA) is 52.0 Å². The number of nitrogens with zero attached hydrogens (tertiary/aromatic N) is 2. The second-order valence-electron chi connectivity index (χ2n) is 6.12. The number of rotatable bonds is 5. The molecule has 0 amide bonds. The summed E-state index contributed by atoms with van der Waals surface area (Å²) < 4.78 is 1.65. The van der Waals surface area contributed by atoms with Gasteiger partial charge in [-0.25, -0.2) is 4.98 Å². The van der Waals surface area contributed by atoms with E-state index in [0.29, 0.717) is 23.4 Å². The maximum atomic E-state index is 13.0. The maximum absolute atomic E-state index is 13.0.